The van der Waals surface area contributed by atoms with E-state index in [9.17, 15) is 14.0 Å². The largest absolute Gasteiger partial charge is 0.338 e. The number of hydrogen-bond acceptors (Lipinski definition) is 2. The molecule has 2 aromatic carbocycles. The predicted molar refractivity (Wildman–Crippen MR) is 112 cm³/mol. The Balaban J connectivity index is 1.44. The smallest absolute Gasteiger partial charge is 0.317 e. The first-order chi connectivity index (χ1) is 14.0. The lowest BCUT2D eigenvalue weighted by Crippen LogP contribution is -2.43. The van der Waals surface area contributed by atoms with E-state index in [1.54, 1.807) is 40.1 Å². The zero-order valence-electron chi connectivity index (χ0n) is 16.2. The molecule has 0 saturated carbocycles. The Morgan fingerprint density at radius 3 is 2.55 bits per heavy atom. The van der Waals surface area contributed by atoms with Crippen LogP contribution in [0.2, 0.25) is 5.02 Å². The van der Waals surface area contributed by atoms with Crippen LogP contribution in [0.4, 0.5) is 9.18 Å². The Kier molecular flexibility index (Phi) is 7.47. The van der Waals surface area contributed by atoms with Gasteiger partial charge in [0.05, 0.1) is 10.6 Å². The van der Waals surface area contributed by atoms with E-state index in [2.05, 4.69) is 5.32 Å². The molecule has 0 aliphatic carbocycles. The van der Waals surface area contributed by atoms with Gasteiger partial charge in [-0.1, -0.05) is 35.9 Å². The van der Waals surface area contributed by atoms with Gasteiger partial charge in [-0.05, 0) is 49.1 Å². The monoisotopic (exact) mass is 417 g/mol. The van der Waals surface area contributed by atoms with Gasteiger partial charge in [-0.3, -0.25) is 4.79 Å². The zero-order chi connectivity index (χ0) is 20.6. The van der Waals surface area contributed by atoms with E-state index in [4.69, 9.17) is 11.6 Å². The van der Waals surface area contributed by atoms with Crippen molar-refractivity contribution in [2.75, 3.05) is 32.7 Å². The van der Waals surface area contributed by atoms with Crippen molar-refractivity contribution in [3.63, 3.8) is 0 Å². The maximum absolute atomic E-state index is 13.2. The molecule has 1 heterocycles. The van der Waals surface area contributed by atoms with E-state index >= 15 is 0 Å². The van der Waals surface area contributed by atoms with Crippen LogP contribution in [-0.2, 0) is 6.42 Å². The van der Waals surface area contributed by atoms with E-state index < -0.39 is 0 Å². The minimum absolute atomic E-state index is 0.104. The molecule has 0 aromatic heterocycles. The maximum atomic E-state index is 13.2. The number of nitrogens with one attached hydrogen (secondary N) is 1. The molecule has 1 N–H and O–H groups in total. The molecule has 5 nitrogen and oxygen atoms in total. The van der Waals surface area contributed by atoms with Crippen molar-refractivity contribution in [2.45, 2.75) is 19.3 Å². The van der Waals surface area contributed by atoms with Gasteiger partial charge in [-0.2, -0.15) is 0 Å². The molecule has 29 heavy (non-hydrogen) atoms. The molecule has 154 valence electrons. The van der Waals surface area contributed by atoms with E-state index in [0.29, 0.717) is 56.2 Å². The molecule has 0 spiro atoms. The van der Waals surface area contributed by atoms with Gasteiger partial charge in [-0.25, -0.2) is 9.18 Å². The second-order valence-corrected chi connectivity index (χ2v) is 7.49. The molecule has 1 saturated heterocycles. The summed E-state index contributed by atoms with van der Waals surface area (Å²) in [5.41, 5.74) is 1.41. The number of amides is 3. The fraction of sp³-hybridized carbons (Fsp3) is 0.364. The molecule has 0 unspecified atom stereocenters. The highest BCUT2D eigenvalue weighted by Gasteiger charge is 2.23. The fourth-order valence-corrected chi connectivity index (χ4v) is 3.64. The summed E-state index contributed by atoms with van der Waals surface area (Å²) in [6.07, 6.45) is 2.16. The van der Waals surface area contributed by atoms with Gasteiger partial charge >= 0.3 is 6.03 Å². The number of urea groups is 1. The van der Waals surface area contributed by atoms with Crippen molar-refractivity contribution in [1.29, 1.82) is 0 Å². The minimum atomic E-state index is -0.244. The lowest BCUT2D eigenvalue weighted by molar-refractivity contribution is 0.0762. The molecule has 7 heteroatoms. The lowest BCUT2D eigenvalue weighted by Gasteiger charge is -2.23. The number of benzene rings is 2. The van der Waals surface area contributed by atoms with E-state index in [-0.39, 0.29) is 17.8 Å². The van der Waals surface area contributed by atoms with Gasteiger partial charge in [0.15, 0.2) is 0 Å². The second-order valence-electron chi connectivity index (χ2n) is 7.08. The van der Waals surface area contributed by atoms with Crippen LogP contribution in [0.1, 0.15) is 28.8 Å². The van der Waals surface area contributed by atoms with Crippen LogP contribution < -0.4 is 5.32 Å². The van der Waals surface area contributed by atoms with Gasteiger partial charge in [0.2, 0.25) is 0 Å². The molecule has 1 aliphatic heterocycles. The van der Waals surface area contributed by atoms with Crippen LogP contribution in [0.3, 0.4) is 0 Å². The second kappa shape index (κ2) is 10.3. The van der Waals surface area contributed by atoms with Crippen LogP contribution in [-0.4, -0.2) is 54.5 Å². The van der Waals surface area contributed by atoms with Gasteiger partial charge in [-0.15, -0.1) is 0 Å². The van der Waals surface area contributed by atoms with Gasteiger partial charge in [0.1, 0.15) is 5.82 Å². The summed E-state index contributed by atoms with van der Waals surface area (Å²) in [5, 5.41) is 3.36. The molecule has 2 aromatic rings. The number of nitrogens with zero attached hydrogens (tertiary/aromatic N) is 2. The Labute approximate surface area is 175 Å². The third-order valence-electron chi connectivity index (χ3n) is 4.98. The Hall–Kier alpha value is -2.60. The van der Waals surface area contributed by atoms with E-state index in [0.717, 1.165) is 12.0 Å². The molecule has 0 radical (unpaired) electrons. The van der Waals surface area contributed by atoms with Crippen molar-refractivity contribution < 1.29 is 14.0 Å². The zero-order valence-corrected chi connectivity index (χ0v) is 17.0. The van der Waals surface area contributed by atoms with Crippen molar-refractivity contribution in [3.8, 4) is 0 Å². The summed E-state index contributed by atoms with van der Waals surface area (Å²) < 4.78 is 13.2. The number of carbonyl (C=O) groups is 2. The molecule has 3 amide bonds. The van der Waals surface area contributed by atoms with E-state index in [1.165, 1.54) is 12.1 Å². The summed E-state index contributed by atoms with van der Waals surface area (Å²) in [4.78, 5) is 28.6. The summed E-state index contributed by atoms with van der Waals surface area (Å²) in [6.45, 7) is 2.66. The van der Waals surface area contributed by atoms with Gasteiger partial charge in [0, 0.05) is 32.7 Å². The third kappa shape index (κ3) is 5.94. The predicted octanol–water partition coefficient (Wildman–Crippen LogP) is 3.97. The Bertz CT molecular complexity index is 861. The molecular weight excluding hydrogens is 393 g/mol. The highest BCUT2D eigenvalue weighted by atomic mass is 35.5. The molecule has 1 aliphatic rings. The van der Waals surface area contributed by atoms with Gasteiger partial charge in [0.25, 0.3) is 5.91 Å². The summed E-state index contributed by atoms with van der Waals surface area (Å²) in [5.74, 6) is -0.347. The topological polar surface area (TPSA) is 52.7 Å². The van der Waals surface area contributed by atoms with Crippen molar-refractivity contribution in [2.24, 2.45) is 0 Å². The Morgan fingerprint density at radius 1 is 1.00 bits per heavy atom. The number of carbonyl (C=O) groups excluding carboxylic acids is 2. The van der Waals surface area contributed by atoms with Crippen LogP contribution in [0.15, 0.2) is 48.5 Å². The highest BCUT2D eigenvalue weighted by molar-refractivity contribution is 6.33. The number of rotatable bonds is 5. The fourth-order valence-electron chi connectivity index (χ4n) is 3.42. The van der Waals surface area contributed by atoms with Crippen molar-refractivity contribution in [3.05, 3.63) is 70.5 Å². The first kappa shape index (κ1) is 21.1. The highest BCUT2D eigenvalue weighted by Crippen LogP contribution is 2.18. The quantitative estimate of drug-likeness (QED) is 0.748. The minimum Gasteiger partial charge on any atom is -0.338 e. The van der Waals surface area contributed by atoms with Crippen LogP contribution in [0.25, 0.3) is 0 Å². The maximum Gasteiger partial charge on any atom is 0.317 e. The average molecular weight is 418 g/mol. The molecule has 1 fully saturated rings. The van der Waals surface area contributed by atoms with E-state index in [1.807, 2.05) is 6.07 Å². The standard InChI is InChI=1S/C22H25ClFN3O2/c23-20-10-2-1-9-19(20)21(28)26-12-5-13-27(15-14-26)22(29)25-11-4-7-17-6-3-8-18(24)16-17/h1-3,6,8-10,16H,4-5,7,11-15H2,(H,25,29). The van der Waals surface area contributed by atoms with Crippen molar-refractivity contribution in [1.82, 2.24) is 15.1 Å². The molecule has 3 rings (SSSR count). The average Bonchev–Trinajstić information content (AvgIpc) is 2.97. The number of aryl methyl sites for hydroxylation is 1. The van der Waals surface area contributed by atoms with Gasteiger partial charge < -0.3 is 15.1 Å². The van der Waals surface area contributed by atoms with Crippen LogP contribution in [0.5, 0.6) is 0 Å². The normalized spacial score (nSPS) is 14.4. The first-order valence-electron chi connectivity index (χ1n) is 9.85. The van der Waals surface area contributed by atoms with Crippen LogP contribution >= 0.6 is 11.6 Å². The summed E-state index contributed by atoms with van der Waals surface area (Å²) in [6, 6.07) is 13.4. The molecular formula is C22H25ClFN3O2. The number of halogens is 2. The lowest BCUT2D eigenvalue weighted by atomic mass is 10.1. The summed E-state index contributed by atoms with van der Waals surface area (Å²) in [7, 11) is 0. The molecule has 0 atom stereocenters. The molecule has 0 bridgehead atoms. The number of hydrogen-bond donors (Lipinski definition) is 1. The SMILES string of the molecule is O=C(NCCCc1cccc(F)c1)N1CCCN(C(=O)c2ccccc2Cl)CC1. The third-order valence-corrected chi connectivity index (χ3v) is 5.31. The van der Waals surface area contributed by atoms with Crippen LogP contribution in [0, 0.1) is 5.82 Å². The Morgan fingerprint density at radius 2 is 1.76 bits per heavy atom. The first-order valence-corrected chi connectivity index (χ1v) is 10.2. The summed E-state index contributed by atoms with van der Waals surface area (Å²) >= 11 is 6.14. The van der Waals surface area contributed by atoms with Crippen molar-refractivity contribution >= 4 is 23.5 Å².